The number of hydrogen-bond acceptors (Lipinski definition) is 6. The van der Waals surface area contributed by atoms with E-state index in [1.807, 2.05) is 16.8 Å². The van der Waals surface area contributed by atoms with Crippen molar-refractivity contribution in [2.45, 2.75) is 39.0 Å². The van der Waals surface area contributed by atoms with Crippen LogP contribution in [0.4, 0.5) is 11.5 Å². The molecule has 0 unspecified atom stereocenters. The van der Waals surface area contributed by atoms with Gasteiger partial charge in [-0.25, -0.2) is 14.3 Å². The molecular formula is C26H28N6O2. The highest BCUT2D eigenvalue weighted by molar-refractivity contribution is 5.83. The van der Waals surface area contributed by atoms with Crippen LogP contribution in [-0.2, 0) is 25.1 Å². The number of aromatic nitrogens is 4. The summed E-state index contributed by atoms with van der Waals surface area (Å²) in [7, 11) is 0. The van der Waals surface area contributed by atoms with Crippen molar-refractivity contribution in [3.8, 4) is 5.69 Å². The molecule has 1 aliphatic rings. The highest BCUT2D eigenvalue weighted by atomic mass is 16.3. The maximum Gasteiger partial charge on any atom is 0.276 e. The number of nitrogens with one attached hydrogen (secondary N) is 2. The summed E-state index contributed by atoms with van der Waals surface area (Å²) in [6.45, 7) is 9.36. The van der Waals surface area contributed by atoms with Gasteiger partial charge in [0, 0.05) is 30.7 Å². The van der Waals surface area contributed by atoms with Crippen molar-refractivity contribution < 1.29 is 5.11 Å². The van der Waals surface area contributed by atoms with E-state index in [1.54, 1.807) is 43.1 Å². The van der Waals surface area contributed by atoms with Gasteiger partial charge in [-0.1, -0.05) is 12.1 Å². The van der Waals surface area contributed by atoms with E-state index in [1.165, 1.54) is 11.1 Å². The van der Waals surface area contributed by atoms with Crippen molar-refractivity contribution in [1.82, 2.24) is 24.6 Å². The number of aliphatic hydroxyl groups is 1. The molecule has 8 heteroatoms. The van der Waals surface area contributed by atoms with Gasteiger partial charge in [0.15, 0.2) is 0 Å². The Morgan fingerprint density at radius 3 is 2.85 bits per heavy atom. The van der Waals surface area contributed by atoms with Crippen LogP contribution < -0.4 is 16.2 Å². The standard InChI is InChI=1S/C26H28N6O2/c1-4-11-31-25(33)21-16-29-24(30-19-6-5-17-7-9-27-15-18(17)12-19)14-22(21)32(31)20-8-10-28-23(13-20)26(2,3)34/h4-6,8,10,12-14,16,27,34H,1,7,9,11,15H2,2-3H3,(H,29,30). The molecule has 1 aromatic carbocycles. The zero-order valence-corrected chi connectivity index (χ0v) is 19.4. The van der Waals surface area contributed by atoms with Gasteiger partial charge in [0.1, 0.15) is 11.4 Å². The van der Waals surface area contributed by atoms with Crippen LogP contribution in [0.25, 0.3) is 16.6 Å². The highest BCUT2D eigenvalue weighted by Gasteiger charge is 2.21. The van der Waals surface area contributed by atoms with Gasteiger partial charge in [-0.2, -0.15) is 0 Å². The average Bonchev–Trinajstić information content (AvgIpc) is 3.10. The minimum Gasteiger partial charge on any atom is -0.384 e. The van der Waals surface area contributed by atoms with Gasteiger partial charge in [-0.15, -0.1) is 6.58 Å². The van der Waals surface area contributed by atoms with Gasteiger partial charge in [0.2, 0.25) is 0 Å². The largest absolute Gasteiger partial charge is 0.384 e. The van der Waals surface area contributed by atoms with Gasteiger partial charge < -0.3 is 15.7 Å². The predicted molar refractivity (Wildman–Crippen MR) is 134 cm³/mol. The van der Waals surface area contributed by atoms with Crippen LogP contribution in [-0.4, -0.2) is 31.0 Å². The van der Waals surface area contributed by atoms with E-state index in [-0.39, 0.29) is 5.56 Å². The topological polar surface area (TPSA) is 97.0 Å². The summed E-state index contributed by atoms with van der Waals surface area (Å²) < 4.78 is 3.44. The molecule has 0 saturated carbocycles. The van der Waals surface area contributed by atoms with Crippen LogP contribution in [0.3, 0.4) is 0 Å². The Kier molecular flexibility index (Phi) is 5.55. The van der Waals surface area contributed by atoms with Crippen molar-refractivity contribution >= 4 is 22.4 Å². The van der Waals surface area contributed by atoms with Gasteiger partial charge in [-0.05, 0) is 62.2 Å². The summed E-state index contributed by atoms with van der Waals surface area (Å²) in [5, 5.41) is 17.8. The minimum absolute atomic E-state index is 0.157. The van der Waals surface area contributed by atoms with Gasteiger partial charge in [0.05, 0.1) is 28.8 Å². The number of rotatable bonds is 6. The molecule has 4 aromatic rings. The Morgan fingerprint density at radius 2 is 2.06 bits per heavy atom. The molecular weight excluding hydrogens is 428 g/mol. The second-order valence-electron chi connectivity index (χ2n) is 9.07. The number of hydrogen-bond donors (Lipinski definition) is 3. The van der Waals surface area contributed by atoms with Crippen LogP contribution in [0.15, 0.2) is 66.2 Å². The molecule has 3 N–H and O–H groups in total. The van der Waals surface area contributed by atoms with Gasteiger partial charge in [0.25, 0.3) is 5.56 Å². The van der Waals surface area contributed by atoms with Crippen molar-refractivity contribution in [3.05, 3.63) is 88.6 Å². The zero-order chi connectivity index (χ0) is 23.9. The first-order chi connectivity index (χ1) is 16.3. The van der Waals surface area contributed by atoms with Crippen molar-refractivity contribution in [3.63, 3.8) is 0 Å². The fourth-order valence-corrected chi connectivity index (χ4v) is 4.37. The second kappa shape index (κ2) is 8.55. The first-order valence-corrected chi connectivity index (χ1v) is 11.4. The third-order valence-electron chi connectivity index (χ3n) is 6.10. The van der Waals surface area contributed by atoms with Crippen LogP contribution in [0.1, 0.15) is 30.7 Å². The molecule has 34 heavy (non-hydrogen) atoms. The normalized spacial score (nSPS) is 13.6. The molecule has 0 saturated heterocycles. The number of anilines is 2. The van der Waals surface area contributed by atoms with E-state index in [9.17, 15) is 9.90 Å². The van der Waals surface area contributed by atoms with Crippen molar-refractivity contribution in [2.24, 2.45) is 0 Å². The lowest BCUT2D eigenvalue weighted by molar-refractivity contribution is 0.0738. The molecule has 0 bridgehead atoms. The van der Waals surface area contributed by atoms with E-state index < -0.39 is 5.60 Å². The molecule has 1 aliphatic heterocycles. The predicted octanol–water partition coefficient (Wildman–Crippen LogP) is 3.38. The smallest absolute Gasteiger partial charge is 0.276 e. The molecule has 5 rings (SSSR count). The monoisotopic (exact) mass is 456 g/mol. The Bertz CT molecular complexity index is 1440. The number of benzene rings is 1. The summed E-state index contributed by atoms with van der Waals surface area (Å²) in [5.74, 6) is 0.637. The molecule has 174 valence electrons. The fraction of sp³-hybridized carbons (Fsp3) is 0.269. The SMILES string of the molecule is C=CCn1c(=O)c2cnc(Nc3ccc4c(c3)CNCC4)cc2n1-c1ccnc(C(C)(C)O)c1. The second-order valence-corrected chi connectivity index (χ2v) is 9.07. The van der Waals surface area contributed by atoms with Crippen molar-refractivity contribution in [2.75, 3.05) is 11.9 Å². The van der Waals surface area contributed by atoms with E-state index in [0.29, 0.717) is 29.0 Å². The number of pyridine rings is 2. The first-order valence-electron chi connectivity index (χ1n) is 11.4. The van der Waals surface area contributed by atoms with Crippen LogP contribution in [0.2, 0.25) is 0 Å². The van der Waals surface area contributed by atoms with Gasteiger partial charge >= 0.3 is 0 Å². The number of nitrogens with zero attached hydrogens (tertiary/aromatic N) is 4. The summed E-state index contributed by atoms with van der Waals surface area (Å²) in [5.41, 5.74) is 4.26. The zero-order valence-electron chi connectivity index (χ0n) is 19.4. The lowest BCUT2D eigenvalue weighted by Crippen LogP contribution is -2.23. The molecule has 0 aliphatic carbocycles. The third kappa shape index (κ3) is 4.02. The summed E-state index contributed by atoms with van der Waals surface area (Å²) in [4.78, 5) is 22.0. The maximum absolute atomic E-state index is 13.2. The minimum atomic E-state index is -1.11. The van der Waals surface area contributed by atoms with E-state index in [2.05, 4.69) is 45.4 Å². The van der Waals surface area contributed by atoms with Gasteiger partial charge in [-0.3, -0.25) is 9.78 Å². The lowest BCUT2D eigenvalue weighted by Gasteiger charge is -2.19. The molecule has 0 spiro atoms. The summed E-state index contributed by atoms with van der Waals surface area (Å²) in [6.07, 6.45) is 5.96. The van der Waals surface area contributed by atoms with E-state index >= 15 is 0 Å². The molecule has 0 amide bonds. The quantitative estimate of drug-likeness (QED) is 0.385. The molecule has 0 fully saturated rings. The summed E-state index contributed by atoms with van der Waals surface area (Å²) in [6, 6.07) is 11.8. The first kappa shape index (κ1) is 22.1. The average molecular weight is 457 g/mol. The van der Waals surface area contributed by atoms with E-state index in [0.717, 1.165) is 30.9 Å². The number of allylic oxidation sites excluding steroid dienone is 1. The molecule has 4 heterocycles. The fourth-order valence-electron chi connectivity index (χ4n) is 4.37. The molecule has 0 atom stereocenters. The Labute approximate surface area is 197 Å². The maximum atomic E-state index is 13.2. The Morgan fingerprint density at radius 1 is 1.21 bits per heavy atom. The molecule has 3 aromatic heterocycles. The van der Waals surface area contributed by atoms with Crippen molar-refractivity contribution in [1.29, 1.82) is 0 Å². The van der Waals surface area contributed by atoms with Crippen LogP contribution in [0.5, 0.6) is 0 Å². The van der Waals surface area contributed by atoms with Crippen LogP contribution >= 0.6 is 0 Å². The third-order valence-corrected chi connectivity index (χ3v) is 6.10. The molecule has 0 radical (unpaired) electrons. The highest BCUT2D eigenvalue weighted by Crippen LogP contribution is 2.26. The van der Waals surface area contributed by atoms with E-state index in [4.69, 9.17) is 0 Å². The Hall–Kier alpha value is -3.75. The van der Waals surface area contributed by atoms with Crippen LogP contribution in [0, 0.1) is 0 Å². The Balaban J connectivity index is 1.62. The summed E-state index contributed by atoms with van der Waals surface area (Å²) >= 11 is 0. The lowest BCUT2D eigenvalue weighted by atomic mass is 10.0. The molecule has 8 nitrogen and oxygen atoms in total. The number of fused-ring (bicyclic) bond motifs is 2.